The van der Waals surface area contributed by atoms with E-state index < -0.39 is 21.8 Å². The summed E-state index contributed by atoms with van der Waals surface area (Å²) in [6.45, 7) is 1.73. The van der Waals surface area contributed by atoms with Crippen molar-refractivity contribution in [2.45, 2.75) is 29.2 Å². The quantitative estimate of drug-likeness (QED) is 0.858. The van der Waals surface area contributed by atoms with E-state index in [4.69, 9.17) is 28.3 Å². The number of carbonyl (C=O) groups is 1. The highest BCUT2D eigenvalue weighted by Gasteiger charge is 2.28. The van der Waals surface area contributed by atoms with Gasteiger partial charge in [0.05, 0.1) is 32.6 Å². The fraction of sp³-hybridized carbons (Fsp3) is 0.176. The molecule has 8 heteroatoms. The number of sulfone groups is 1. The van der Waals surface area contributed by atoms with Crippen molar-refractivity contribution in [3.05, 3.63) is 57.0 Å². The number of fused-ring (bicyclic) bond motifs is 1. The third-order valence-corrected chi connectivity index (χ3v) is 6.51. The molecule has 1 aliphatic heterocycles. The minimum atomic E-state index is -3.97. The van der Waals surface area contributed by atoms with Crippen molar-refractivity contribution in [2.75, 3.05) is 0 Å². The second-order valence-corrected chi connectivity index (χ2v) is 8.36. The van der Waals surface area contributed by atoms with Crippen LogP contribution in [0.4, 0.5) is 0 Å². The number of carboxylic acid groups (broad SMARTS) is 1. The maximum atomic E-state index is 13.1. The van der Waals surface area contributed by atoms with Crippen molar-refractivity contribution >= 4 is 44.6 Å². The predicted molar refractivity (Wildman–Crippen MR) is 94.3 cm³/mol. The van der Waals surface area contributed by atoms with Crippen molar-refractivity contribution in [2.24, 2.45) is 4.99 Å². The van der Waals surface area contributed by atoms with E-state index in [0.29, 0.717) is 16.0 Å². The highest BCUT2D eigenvalue weighted by atomic mass is 35.5. The molecule has 130 valence electrons. The summed E-state index contributed by atoms with van der Waals surface area (Å²) in [5.41, 5.74) is 0.428. The Morgan fingerprint density at radius 2 is 1.80 bits per heavy atom. The van der Waals surface area contributed by atoms with Gasteiger partial charge in [-0.15, -0.1) is 0 Å². The Labute approximate surface area is 154 Å². The predicted octanol–water partition coefficient (Wildman–Crippen LogP) is 2.47. The first-order chi connectivity index (χ1) is 11.7. The highest BCUT2D eigenvalue weighted by molar-refractivity contribution is 7.91. The van der Waals surface area contributed by atoms with Crippen LogP contribution in [0.3, 0.4) is 0 Å². The summed E-state index contributed by atoms with van der Waals surface area (Å²) in [5.74, 6) is -1.06. The molecule has 1 unspecified atom stereocenters. The number of halogens is 2. The molecular weight excluding hydrogens is 385 g/mol. The number of benzene rings is 2. The molecule has 0 radical (unpaired) electrons. The number of rotatable bonds is 4. The zero-order valence-electron chi connectivity index (χ0n) is 13.0. The Balaban J connectivity index is 2.38. The monoisotopic (exact) mass is 397 g/mol. The second kappa shape index (κ2) is 6.44. The van der Waals surface area contributed by atoms with E-state index in [-0.39, 0.29) is 26.5 Å². The van der Waals surface area contributed by atoms with Gasteiger partial charge in [-0.3, -0.25) is 9.79 Å². The van der Waals surface area contributed by atoms with E-state index in [2.05, 4.69) is 4.99 Å². The van der Waals surface area contributed by atoms with E-state index in [0.717, 1.165) is 0 Å². The van der Waals surface area contributed by atoms with Crippen molar-refractivity contribution in [1.82, 2.24) is 0 Å². The molecule has 25 heavy (non-hydrogen) atoms. The van der Waals surface area contributed by atoms with Crippen LogP contribution in [0.15, 0.2) is 51.2 Å². The van der Waals surface area contributed by atoms with Gasteiger partial charge in [0.25, 0.3) is 0 Å². The Bertz CT molecular complexity index is 1090. The molecule has 0 saturated carbocycles. The zero-order valence-corrected chi connectivity index (χ0v) is 15.4. The van der Waals surface area contributed by atoms with Gasteiger partial charge in [-0.05, 0) is 48.9 Å². The molecule has 2 aromatic rings. The summed E-state index contributed by atoms with van der Waals surface area (Å²) >= 11 is 12.0. The molecule has 0 aliphatic carbocycles. The summed E-state index contributed by atoms with van der Waals surface area (Å²) in [6.07, 6.45) is -0.304. The lowest BCUT2D eigenvalue weighted by molar-refractivity contribution is -0.135. The van der Waals surface area contributed by atoms with Crippen LogP contribution in [-0.4, -0.2) is 25.5 Å². The van der Waals surface area contributed by atoms with Crippen LogP contribution in [0.1, 0.15) is 13.3 Å². The van der Waals surface area contributed by atoms with E-state index in [1.54, 1.807) is 13.0 Å². The number of carboxylic acids is 1. The molecule has 3 rings (SSSR count). The number of hydrogen-bond acceptors (Lipinski definition) is 4. The van der Waals surface area contributed by atoms with Crippen LogP contribution < -0.4 is 10.6 Å². The average molecular weight is 398 g/mol. The third kappa shape index (κ3) is 3.17. The molecule has 0 bridgehead atoms. The summed E-state index contributed by atoms with van der Waals surface area (Å²) in [6, 6.07) is 8.36. The van der Waals surface area contributed by atoms with Gasteiger partial charge >= 0.3 is 5.97 Å². The largest absolute Gasteiger partial charge is 0.481 e. The fourth-order valence-electron chi connectivity index (χ4n) is 2.85. The van der Waals surface area contributed by atoms with Crippen molar-refractivity contribution < 1.29 is 18.3 Å². The molecule has 0 saturated heterocycles. The summed E-state index contributed by atoms with van der Waals surface area (Å²) in [7, 11) is -3.97. The molecule has 0 spiro atoms. The number of nitrogens with zero attached hydrogens (tertiary/aromatic N) is 1. The van der Waals surface area contributed by atoms with Gasteiger partial charge in [0, 0.05) is 10.2 Å². The lowest BCUT2D eigenvalue weighted by Crippen LogP contribution is -2.31. The van der Waals surface area contributed by atoms with Crippen LogP contribution in [0.25, 0.3) is 5.57 Å². The topological polar surface area (TPSA) is 83.8 Å². The molecule has 0 amide bonds. The highest BCUT2D eigenvalue weighted by Crippen LogP contribution is 2.27. The van der Waals surface area contributed by atoms with Gasteiger partial charge in [0.1, 0.15) is 0 Å². The average Bonchev–Trinajstić information content (AvgIpc) is 2.83. The standard InChI is InChI=1S/C17H13Cl2NO4S/c1-9-12(8-15(21)22)16-14(20-9)7-6-13(19)17(16)25(23,24)11-4-2-10(18)3-5-11/h2-7,9H,8H2,1H3,(H,21,22). The van der Waals surface area contributed by atoms with E-state index >= 15 is 0 Å². The third-order valence-electron chi connectivity index (χ3n) is 3.98. The minimum absolute atomic E-state index is 0.0286. The number of hydrogen-bond donors (Lipinski definition) is 1. The van der Waals surface area contributed by atoms with E-state index in [1.807, 2.05) is 0 Å². The van der Waals surface area contributed by atoms with E-state index in [9.17, 15) is 13.2 Å². The minimum Gasteiger partial charge on any atom is -0.481 e. The van der Waals surface area contributed by atoms with Crippen molar-refractivity contribution in [3.8, 4) is 0 Å². The SMILES string of the molecule is CC1N=c2ccc(Cl)c(S(=O)(=O)c3ccc(Cl)cc3)c2=C1CC(=O)O. The van der Waals surface area contributed by atoms with E-state index in [1.165, 1.54) is 30.3 Å². The van der Waals surface area contributed by atoms with Crippen LogP contribution in [0, 0.1) is 0 Å². The van der Waals surface area contributed by atoms with Gasteiger partial charge in [-0.25, -0.2) is 8.42 Å². The molecule has 1 atom stereocenters. The van der Waals surface area contributed by atoms with Gasteiger partial charge in [-0.2, -0.15) is 0 Å². The molecule has 1 heterocycles. The fourth-order valence-corrected chi connectivity index (χ4v) is 5.00. The summed E-state index contributed by atoms with van der Waals surface area (Å²) < 4.78 is 26.3. The first kappa shape index (κ1) is 17.9. The van der Waals surface area contributed by atoms with Crippen LogP contribution in [0.5, 0.6) is 0 Å². The summed E-state index contributed by atoms with van der Waals surface area (Å²) in [5, 5.41) is 10.3. The Kier molecular flexibility index (Phi) is 4.62. The Morgan fingerprint density at radius 1 is 1.16 bits per heavy atom. The van der Waals surface area contributed by atoms with Crippen molar-refractivity contribution in [3.63, 3.8) is 0 Å². The van der Waals surface area contributed by atoms with Crippen LogP contribution in [-0.2, 0) is 14.6 Å². The molecule has 2 aromatic carbocycles. The van der Waals surface area contributed by atoms with Gasteiger partial charge in [0.15, 0.2) is 0 Å². The Hall–Kier alpha value is -1.89. The maximum Gasteiger partial charge on any atom is 0.307 e. The van der Waals surface area contributed by atoms with Gasteiger partial charge < -0.3 is 5.11 Å². The molecule has 0 fully saturated rings. The van der Waals surface area contributed by atoms with Crippen LogP contribution in [0.2, 0.25) is 10.0 Å². The lowest BCUT2D eigenvalue weighted by atomic mass is 10.0. The van der Waals surface area contributed by atoms with Gasteiger partial charge in [0.2, 0.25) is 9.84 Å². The number of aliphatic carboxylic acids is 1. The second-order valence-electron chi connectivity index (χ2n) is 5.63. The lowest BCUT2D eigenvalue weighted by Gasteiger charge is -2.10. The molecule has 1 N–H and O–H groups in total. The van der Waals surface area contributed by atoms with Crippen molar-refractivity contribution in [1.29, 1.82) is 0 Å². The normalized spacial score (nSPS) is 16.4. The molecular formula is C17H13Cl2NO4S. The molecule has 0 aromatic heterocycles. The first-order valence-corrected chi connectivity index (χ1v) is 9.57. The molecule has 1 aliphatic rings. The van der Waals surface area contributed by atoms with Gasteiger partial charge in [-0.1, -0.05) is 23.2 Å². The smallest absolute Gasteiger partial charge is 0.307 e. The first-order valence-electron chi connectivity index (χ1n) is 7.33. The summed E-state index contributed by atoms with van der Waals surface area (Å²) in [4.78, 5) is 15.5. The maximum absolute atomic E-state index is 13.1. The Morgan fingerprint density at radius 3 is 2.40 bits per heavy atom. The zero-order chi connectivity index (χ0) is 18.4. The van der Waals surface area contributed by atoms with Crippen LogP contribution >= 0.6 is 23.2 Å². The molecule has 5 nitrogen and oxygen atoms in total.